The highest BCUT2D eigenvalue weighted by Gasteiger charge is 2.46. The van der Waals surface area contributed by atoms with Crippen molar-refractivity contribution >= 4 is 43.6 Å². The fraction of sp³-hybridized carbons (Fsp3) is 0.0118. The van der Waals surface area contributed by atoms with E-state index in [1.165, 1.54) is 149 Å². The topological polar surface area (TPSA) is 9.86 Å². The lowest BCUT2D eigenvalue weighted by atomic mass is 9.67. The summed E-state index contributed by atoms with van der Waals surface area (Å²) in [5.74, 6) is 0. The molecule has 0 unspecified atom stereocenters. The van der Waals surface area contributed by atoms with Crippen LogP contribution in [0.15, 0.2) is 340 Å². The smallest absolute Gasteiger partial charge is 0.0713 e. The maximum atomic E-state index is 2.46. The number of para-hydroxylation sites is 4. The second-order valence-electron chi connectivity index (χ2n) is 23.1. The normalized spacial score (nSPS) is 12.5. The number of aromatic nitrogens is 2. The minimum absolute atomic E-state index is 0.559. The standard InChI is InChI=1S/C85H56N2/c1-3-21-60(22-4-1)69-29-7-8-30-70(69)65-24-20-26-67(54-65)85(78-36-14-9-32-72(78)73-33-10-15-37-79(73)85)66-25-19-23-62(53-66)59-43-41-57(42-44-59)58-45-47-61(48-46-58)71-31-11-16-38-80(71)87-82-40-18-13-35-75(82)77-56-64(50-52-84(77)87)63-49-51-83-76(55-63)74-34-12-17-39-81(74)86(83)68-27-5-2-6-28-68/h1-56H. The van der Waals surface area contributed by atoms with E-state index in [1.54, 1.807) is 0 Å². The van der Waals surface area contributed by atoms with Crippen LogP contribution in [0.4, 0.5) is 0 Å². The minimum atomic E-state index is -0.559. The Morgan fingerprint density at radius 2 is 0.563 bits per heavy atom. The predicted octanol–water partition coefficient (Wildman–Crippen LogP) is 22.2. The van der Waals surface area contributed by atoms with E-state index in [1.807, 2.05) is 0 Å². The number of fused-ring (bicyclic) bond motifs is 9. The first kappa shape index (κ1) is 50.2. The van der Waals surface area contributed by atoms with Crippen molar-refractivity contribution in [3.63, 3.8) is 0 Å². The van der Waals surface area contributed by atoms with Crippen molar-refractivity contribution in [2.75, 3.05) is 0 Å². The van der Waals surface area contributed by atoms with Gasteiger partial charge in [0.2, 0.25) is 0 Å². The predicted molar refractivity (Wildman–Crippen MR) is 365 cm³/mol. The van der Waals surface area contributed by atoms with Gasteiger partial charge >= 0.3 is 0 Å². The summed E-state index contributed by atoms with van der Waals surface area (Å²) in [6.07, 6.45) is 0. The highest BCUT2D eigenvalue weighted by Crippen LogP contribution is 2.57. The summed E-state index contributed by atoms with van der Waals surface area (Å²) in [6.45, 7) is 0. The quantitative estimate of drug-likeness (QED) is 0.129. The van der Waals surface area contributed by atoms with Crippen LogP contribution in [0.25, 0.3) is 133 Å². The second-order valence-corrected chi connectivity index (χ2v) is 23.1. The maximum Gasteiger partial charge on any atom is 0.0713 e. The van der Waals surface area contributed by atoms with Gasteiger partial charge in [-0.05, 0) is 161 Å². The molecule has 1 aliphatic carbocycles. The van der Waals surface area contributed by atoms with Crippen molar-refractivity contribution < 1.29 is 0 Å². The van der Waals surface area contributed by atoms with Crippen LogP contribution in [0.1, 0.15) is 22.3 Å². The van der Waals surface area contributed by atoms with Crippen molar-refractivity contribution in [2.45, 2.75) is 5.41 Å². The first-order valence-electron chi connectivity index (χ1n) is 30.1. The highest BCUT2D eigenvalue weighted by molar-refractivity contribution is 6.13. The molecule has 406 valence electrons. The highest BCUT2D eigenvalue weighted by atomic mass is 15.0. The third-order valence-corrected chi connectivity index (χ3v) is 18.5. The molecule has 0 bridgehead atoms. The fourth-order valence-corrected chi connectivity index (χ4v) is 14.5. The lowest BCUT2D eigenvalue weighted by molar-refractivity contribution is 0.769. The third kappa shape index (κ3) is 8.10. The van der Waals surface area contributed by atoms with Crippen LogP contribution in [-0.4, -0.2) is 9.13 Å². The number of hydrogen-bond donors (Lipinski definition) is 0. The van der Waals surface area contributed by atoms with Crippen LogP contribution in [0.2, 0.25) is 0 Å². The van der Waals surface area contributed by atoms with Crippen LogP contribution >= 0.6 is 0 Å². The molecule has 0 aliphatic heterocycles. The Morgan fingerprint density at radius 3 is 1.16 bits per heavy atom. The molecule has 1 aliphatic rings. The van der Waals surface area contributed by atoms with E-state index in [-0.39, 0.29) is 0 Å². The lowest BCUT2D eigenvalue weighted by Gasteiger charge is -2.34. The summed E-state index contributed by atoms with van der Waals surface area (Å²) < 4.78 is 4.84. The number of nitrogens with zero attached hydrogens (tertiary/aromatic N) is 2. The first-order valence-corrected chi connectivity index (χ1v) is 30.1. The molecule has 2 heteroatoms. The molecule has 17 rings (SSSR count). The molecule has 0 radical (unpaired) electrons. The number of hydrogen-bond acceptors (Lipinski definition) is 0. The summed E-state index contributed by atoms with van der Waals surface area (Å²) in [5.41, 5.74) is 28.5. The van der Waals surface area contributed by atoms with Crippen LogP contribution in [-0.2, 0) is 5.41 Å². The molecule has 0 N–H and O–H groups in total. The molecular formula is C85H56N2. The van der Waals surface area contributed by atoms with Gasteiger partial charge in [-0.3, -0.25) is 0 Å². The molecule has 0 spiro atoms. The number of benzene rings is 14. The third-order valence-electron chi connectivity index (χ3n) is 18.5. The molecule has 2 nitrogen and oxygen atoms in total. The van der Waals surface area contributed by atoms with E-state index >= 15 is 0 Å². The largest absolute Gasteiger partial charge is 0.309 e. The zero-order valence-corrected chi connectivity index (χ0v) is 47.7. The summed E-state index contributed by atoms with van der Waals surface area (Å²) in [4.78, 5) is 0. The molecule has 0 fully saturated rings. The van der Waals surface area contributed by atoms with Crippen molar-refractivity contribution in [1.82, 2.24) is 9.13 Å². The van der Waals surface area contributed by atoms with Crippen LogP contribution in [0, 0.1) is 0 Å². The molecule has 14 aromatic carbocycles. The van der Waals surface area contributed by atoms with Crippen molar-refractivity contribution in [3.8, 4) is 89.3 Å². The average Bonchev–Trinajstić information content (AvgIpc) is 1.63. The molecule has 2 heterocycles. The van der Waals surface area contributed by atoms with Gasteiger partial charge in [-0.1, -0.05) is 273 Å². The monoisotopic (exact) mass is 1100 g/mol. The SMILES string of the molecule is c1ccc(-c2ccccc2-c2cccc(C3(c4cccc(-c5ccc(-c6ccc(-c7ccccc7-n7c8ccccc8c8cc(-c9ccc%10c(c9)c9ccccc9n%10-c9ccccc9)ccc87)cc6)cc5)c4)c4ccccc4-c4ccccc43)c2)cc1. The summed E-state index contributed by atoms with van der Waals surface area (Å²) >= 11 is 0. The Hall–Kier alpha value is -11.3. The number of rotatable bonds is 10. The molecule has 16 aromatic rings. The van der Waals surface area contributed by atoms with Crippen LogP contribution < -0.4 is 0 Å². The van der Waals surface area contributed by atoms with Gasteiger partial charge in [0, 0.05) is 32.8 Å². The summed E-state index contributed by atoms with van der Waals surface area (Å²) in [7, 11) is 0. The van der Waals surface area contributed by atoms with Gasteiger partial charge in [-0.15, -0.1) is 0 Å². The Labute approximate surface area is 506 Å². The molecule has 2 aromatic heterocycles. The van der Waals surface area contributed by atoms with Gasteiger partial charge in [-0.25, -0.2) is 0 Å². The molecule has 87 heavy (non-hydrogen) atoms. The molecular weight excluding hydrogens is 1050 g/mol. The van der Waals surface area contributed by atoms with Gasteiger partial charge in [0.25, 0.3) is 0 Å². The lowest BCUT2D eigenvalue weighted by Crippen LogP contribution is -2.28. The van der Waals surface area contributed by atoms with Gasteiger partial charge in [0.15, 0.2) is 0 Å². The van der Waals surface area contributed by atoms with Crippen molar-refractivity contribution in [2.24, 2.45) is 0 Å². The van der Waals surface area contributed by atoms with Gasteiger partial charge < -0.3 is 9.13 Å². The van der Waals surface area contributed by atoms with E-state index < -0.39 is 5.41 Å². The van der Waals surface area contributed by atoms with E-state index in [4.69, 9.17) is 0 Å². The zero-order chi connectivity index (χ0) is 57.4. The van der Waals surface area contributed by atoms with Crippen LogP contribution in [0.3, 0.4) is 0 Å². The minimum Gasteiger partial charge on any atom is -0.309 e. The maximum absolute atomic E-state index is 2.46. The Kier molecular flexibility index (Phi) is 11.8. The molecule has 0 atom stereocenters. The molecule has 0 saturated carbocycles. The Morgan fingerprint density at radius 1 is 0.195 bits per heavy atom. The van der Waals surface area contributed by atoms with Gasteiger partial charge in [-0.2, -0.15) is 0 Å². The molecule has 0 amide bonds. The zero-order valence-electron chi connectivity index (χ0n) is 47.7. The fourth-order valence-electron chi connectivity index (χ4n) is 14.5. The van der Waals surface area contributed by atoms with Gasteiger partial charge in [0.05, 0.1) is 33.2 Å². The van der Waals surface area contributed by atoms with Gasteiger partial charge in [0.1, 0.15) is 0 Å². The van der Waals surface area contributed by atoms with E-state index in [0.29, 0.717) is 0 Å². The Bertz CT molecular complexity index is 5270. The summed E-state index contributed by atoms with van der Waals surface area (Å²) in [6, 6.07) is 126. The van der Waals surface area contributed by atoms with E-state index in [9.17, 15) is 0 Å². The summed E-state index contributed by atoms with van der Waals surface area (Å²) in [5, 5.41) is 4.97. The Balaban J connectivity index is 0.699. The van der Waals surface area contributed by atoms with Crippen molar-refractivity contribution in [3.05, 3.63) is 362 Å². The average molecular weight is 1110 g/mol. The van der Waals surface area contributed by atoms with E-state index in [2.05, 4.69) is 349 Å². The van der Waals surface area contributed by atoms with Crippen molar-refractivity contribution in [1.29, 1.82) is 0 Å². The van der Waals surface area contributed by atoms with E-state index in [0.717, 1.165) is 5.69 Å². The second kappa shape index (κ2) is 20.5. The molecule has 0 saturated heterocycles. The first-order chi connectivity index (χ1) is 43.2. The van der Waals surface area contributed by atoms with Crippen LogP contribution in [0.5, 0.6) is 0 Å².